The fourth-order valence-corrected chi connectivity index (χ4v) is 22.1. The standard InChI is InChI=1S/C26H35N3O.C24H31NO2.C22H31N3O.C16H21N3O.C16H20N2O/c1-17-27-25(30-29-17)21-7-8-22(24(12-21)28-23-5-3-2-4-6-23)16-26-13-18-9-19(14-26)11-20(10-18)15-26;1-24(2,3)27-23(26)20-15-14-19(16-18-10-6-4-7-11-18)22(17-20)25-21-12-8-5-9-13-21;1-16-23-22(26-25-16)19-13-12-18(14-17-8-4-2-5-9-17)21(15-19)24-20-10-6-3-7-11-20;1-11-18-16(20-19-11)14-8-7-13(15(17)10-14)9-12-5-3-2-4-6-12;17-15-11-14(16-18-8-9-19-16)7-6-13(15)10-12-4-2-1-3-5-12/h7-8,12,18-20,23,28H,2-6,9-11,13-16H2,1H3;5,8-9,12-15,17-18,25H,4,6-7,10-11,16H2,1-3H3;12-13,15,17,20,24H,2-11,14H2,1H3;7-8,10,12H,2-6,9,17H2,1H3;6-9,11-12H,1-5,10,17H2. The van der Waals surface area contributed by atoms with Crippen LogP contribution in [0.5, 0.6) is 0 Å². The lowest BCUT2D eigenvalue weighted by Gasteiger charge is -2.57. The summed E-state index contributed by atoms with van der Waals surface area (Å²) in [7, 11) is 0. The van der Waals surface area contributed by atoms with E-state index in [1.165, 1.54) is 283 Å². The molecule has 20 rings (SSSR count). The number of nitrogens with one attached hydrogen (secondary N) is 3. The highest BCUT2D eigenvalue weighted by molar-refractivity contribution is 5.91. The number of rotatable bonds is 21. The first-order valence-electron chi connectivity index (χ1n) is 47.4. The first kappa shape index (κ1) is 87.3. The number of nitrogens with two attached hydrogens (primary N) is 2. The van der Waals surface area contributed by atoms with Crippen molar-refractivity contribution in [3.63, 3.8) is 0 Å². The van der Waals surface area contributed by atoms with E-state index in [-0.39, 0.29) is 5.97 Å². The largest absolute Gasteiger partial charge is 0.456 e. The molecule has 0 spiro atoms. The SMILES string of the molecule is CC(C)(C)OC(=O)c1ccc(CC2CCCCC2)c(Nc2ccccc2)c1.Cc1noc(-c2ccc(CC34CC5CC(CC(C5)C3)C4)c(NC3CCCCC3)c2)n1.Cc1noc(-c2ccc(CC3CCCCC3)c(N)c2)n1.Cc1noc(-c2ccc(CC3CCCCC3)c(NC3CCCCC3)c2)n1.Nc1cc(-c2ncco2)ccc1CC1CCCCC1. The Morgan fingerprint density at radius 3 is 1.19 bits per heavy atom. The van der Waals surface area contributed by atoms with Crippen LogP contribution < -0.4 is 27.4 Å². The van der Waals surface area contributed by atoms with Crippen molar-refractivity contribution in [3.05, 3.63) is 185 Å². The van der Waals surface area contributed by atoms with Gasteiger partial charge < -0.3 is 50.1 Å². The van der Waals surface area contributed by atoms with Gasteiger partial charge in [0.25, 0.3) is 17.7 Å². The molecule has 0 atom stereocenters. The molecule has 0 radical (unpaired) electrons. The van der Waals surface area contributed by atoms with E-state index in [1.54, 1.807) is 12.5 Å². The van der Waals surface area contributed by atoms with Crippen LogP contribution in [-0.4, -0.2) is 59.1 Å². The Morgan fingerprint density at radius 2 is 0.795 bits per heavy atom. The summed E-state index contributed by atoms with van der Waals surface area (Å²) in [6, 6.07) is 43.1. The van der Waals surface area contributed by atoms with Crippen molar-refractivity contribution in [2.75, 3.05) is 27.4 Å². The molecule has 650 valence electrons. The maximum absolute atomic E-state index is 12.5. The summed E-state index contributed by atoms with van der Waals surface area (Å²) in [6.07, 6.45) is 58.5. The number of oxazole rings is 1. The van der Waals surface area contributed by atoms with Crippen LogP contribution in [0.4, 0.5) is 34.1 Å². The Labute approximate surface area is 726 Å². The smallest absolute Gasteiger partial charge is 0.338 e. The topological polar surface area (TPSA) is 257 Å². The highest BCUT2D eigenvalue weighted by atomic mass is 16.6. The van der Waals surface area contributed by atoms with Gasteiger partial charge in [0, 0.05) is 68.5 Å². The quantitative estimate of drug-likeness (QED) is 0.0331. The Bertz CT molecular complexity index is 4870. The van der Waals surface area contributed by atoms with E-state index in [9.17, 15) is 4.79 Å². The van der Waals surface area contributed by atoms with Crippen LogP contribution >= 0.6 is 0 Å². The lowest BCUT2D eigenvalue weighted by atomic mass is 9.48. The van der Waals surface area contributed by atoms with Crippen LogP contribution in [0.25, 0.3) is 45.8 Å². The predicted molar refractivity (Wildman–Crippen MR) is 492 cm³/mol. The van der Waals surface area contributed by atoms with E-state index < -0.39 is 5.60 Å². The first-order chi connectivity index (χ1) is 59.4. The summed E-state index contributed by atoms with van der Waals surface area (Å²) in [4.78, 5) is 29.8. The van der Waals surface area contributed by atoms with Gasteiger partial charge in [0.05, 0.1) is 11.8 Å². The summed E-state index contributed by atoms with van der Waals surface area (Å²) in [6.45, 7) is 11.2. The maximum atomic E-state index is 12.5. The Balaban J connectivity index is 0.000000120. The average Bonchev–Trinajstić information content (AvgIpc) is 1.70. The number of hydrogen-bond acceptors (Lipinski definition) is 18. The Hall–Kier alpha value is -9.58. The van der Waals surface area contributed by atoms with E-state index in [0.717, 1.165) is 106 Å². The van der Waals surface area contributed by atoms with Crippen LogP contribution in [0.2, 0.25) is 0 Å². The highest BCUT2D eigenvalue weighted by Crippen LogP contribution is 2.61. The zero-order valence-electron chi connectivity index (χ0n) is 74.1. The molecular formula is C104H138N12O6. The first-order valence-corrected chi connectivity index (χ1v) is 47.4. The number of hydrogen-bond donors (Lipinski definition) is 5. The average molecular weight is 1650 g/mol. The molecule has 6 aromatic carbocycles. The summed E-state index contributed by atoms with van der Waals surface area (Å²) >= 11 is 0. The number of carbonyl (C=O) groups is 1. The second-order valence-corrected chi connectivity index (χ2v) is 39.1. The van der Waals surface area contributed by atoms with E-state index in [4.69, 9.17) is 34.2 Å². The van der Waals surface area contributed by atoms with Gasteiger partial charge in [-0.2, -0.15) is 15.0 Å². The molecule has 10 aromatic rings. The Morgan fingerprint density at radius 1 is 0.426 bits per heavy atom. The minimum Gasteiger partial charge on any atom is -0.456 e. The van der Waals surface area contributed by atoms with Crippen molar-refractivity contribution in [3.8, 4) is 45.8 Å². The van der Waals surface area contributed by atoms with Crippen LogP contribution in [0.3, 0.4) is 0 Å². The molecule has 0 saturated heterocycles. The molecule has 0 amide bonds. The number of ether oxygens (including phenoxy) is 1. The number of aromatic nitrogens is 7. The van der Waals surface area contributed by atoms with Crippen LogP contribution in [0.1, 0.15) is 308 Å². The lowest BCUT2D eigenvalue weighted by Crippen LogP contribution is -2.47. The second kappa shape index (κ2) is 42.2. The van der Waals surface area contributed by atoms with Gasteiger partial charge in [-0.1, -0.05) is 231 Å². The number of aryl methyl sites for hydroxylation is 3. The molecule has 4 bridgehead atoms. The van der Waals surface area contributed by atoms with Gasteiger partial charge >= 0.3 is 5.97 Å². The Kier molecular flexibility index (Phi) is 30.2. The molecule has 0 unspecified atom stereocenters. The van der Waals surface area contributed by atoms with Gasteiger partial charge in [-0.05, 0) is 285 Å². The minimum atomic E-state index is -0.495. The molecule has 4 heterocycles. The fraction of sp³-hybridized carbons (Fsp3) is 0.558. The molecule has 10 aliphatic carbocycles. The molecule has 18 heteroatoms. The molecule has 122 heavy (non-hydrogen) atoms. The molecular weight excluding hydrogens is 1510 g/mol. The third-order valence-electron chi connectivity index (χ3n) is 27.9. The molecule has 10 fully saturated rings. The highest BCUT2D eigenvalue weighted by Gasteiger charge is 2.51. The number of nitrogen functional groups attached to an aromatic ring is 2. The second-order valence-electron chi connectivity index (χ2n) is 39.1. The van der Waals surface area contributed by atoms with Gasteiger partial charge in [0.15, 0.2) is 17.5 Å². The summed E-state index contributed by atoms with van der Waals surface area (Å²) in [5.74, 6) is 10.4. The molecule has 0 aliphatic heterocycles. The van der Waals surface area contributed by atoms with Crippen LogP contribution in [-0.2, 0) is 36.8 Å². The maximum Gasteiger partial charge on any atom is 0.338 e. The molecule has 18 nitrogen and oxygen atoms in total. The minimum absolute atomic E-state index is 0.275. The summed E-state index contributed by atoms with van der Waals surface area (Å²) < 4.78 is 26.9. The molecule has 4 aromatic heterocycles. The van der Waals surface area contributed by atoms with Gasteiger partial charge in [-0.15, -0.1) is 0 Å². The zero-order valence-corrected chi connectivity index (χ0v) is 74.1. The zero-order chi connectivity index (χ0) is 84.2. The molecule has 10 saturated carbocycles. The fourth-order valence-electron chi connectivity index (χ4n) is 22.1. The third kappa shape index (κ3) is 24.9. The number of carbonyl (C=O) groups excluding carboxylic acids is 1. The number of nitrogens with zero attached hydrogens (tertiary/aromatic N) is 7. The van der Waals surface area contributed by atoms with Gasteiger partial charge in [-0.25, -0.2) is 9.78 Å². The number of para-hydroxylation sites is 1. The normalized spacial score (nSPS) is 21.0. The van der Waals surface area contributed by atoms with E-state index in [2.05, 4.69) is 112 Å². The van der Waals surface area contributed by atoms with E-state index in [1.807, 2.05) is 102 Å². The van der Waals surface area contributed by atoms with E-state index >= 15 is 0 Å². The van der Waals surface area contributed by atoms with Crippen molar-refractivity contribution < 1.29 is 27.5 Å². The van der Waals surface area contributed by atoms with E-state index in [0.29, 0.717) is 64.1 Å². The lowest BCUT2D eigenvalue weighted by molar-refractivity contribution is -0.0521. The van der Waals surface area contributed by atoms with Gasteiger partial charge in [-0.3, -0.25) is 0 Å². The van der Waals surface area contributed by atoms with Gasteiger partial charge in [0.2, 0.25) is 5.89 Å². The van der Waals surface area contributed by atoms with Crippen molar-refractivity contribution in [1.82, 2.24) is 35.4 Å². The monoisotopic (exact) mass is 1650 g/mol. The predicted octanol–water partition coefficient (Wildman–Crippen LogP) is 26.8. The van der Waals surface area contributed by atoms with Crippen LogP contribution in [0, 0.1) is 67.6 Å². The van der Waals surface area contributed by atoms with Crippen molar-refractivity contribution in [1.29, 1.82) is 0 Å². The third-order valence-corrected chi connectivity index (χ3v) is 27.9. The summed E-state index contributed by atoms with van der Waals surface area (Å²) in [5.41, 5.74) is 30.1. The van der Waals surface area contributed by atoms with Crippen LogP contribution in [0.15, 0.2) is 152 Å². The van der Waals surface area contributed by atoms with Crippen molar-refractivity contribution in [2.24, 2.45) is 46.8 Å². The van der Waals surface area contributed by atoms with Crippen molar-refractivity contribution >= 4 is 40.1 Å². The number of esters is 1. The van der Waals surface area contributed by atoms with Gasteiger partial charge in [0.1, 0.15) is 11.9 Å². The molecule has 7 N–H and O–H groups in total. The number of anilines is 6. The summed E-state index contributed by atoms with van der Waals surface area (Å²) in [5, 5.41) is 23.1. The van der Waals surface area contributed by atoms with Crippen molar-refractivity contribution in [2.45, 2.75) is 322 Å². The number of benzene rings is 6. The molecule has 10 aliphatic rings.